The van der Waals surface area contributed by atoms with Crippen LogP contribution in [0, 0.1) is 12.8 Å². The fourth-order valence-electron chi connectivity index (χ4n) is 2.67. The Morgan fingerprint density at radius 1 is 1.17 bits per heavy atom. The highest BCUT2D eigenvalue weighted by atomic mass is 16.6. The van der Waals surface area contributed by atoms with Crippen LogP contribution >= 0.6 is 0 Å². The van der Waals surface area contributed by atoms with Crippen LogP contribution in [-0.2, 0) is 23.9 Å². The van der Waals surface area contributed by atoms with Crippen molar-refractivity contribution in [3.05, 3.63) is 35.4 Å². The maximum absolute atomic E-state index is 12.4. The molecule has 1 aliphatic carbocycles. The summed E-state index contributed by atoms with van der Waals surface area (Å²) in [6.07, 6.45) is 0.702. The maximum Gasteiger partial charge on any atom is 0.340 e. The third kappa shape index (κ3) is 4.34. The highest BCUT2D eigenvalue weighted by Crippen LogP contribution is 2.47. The Balaban J connectivity index is 2.00. The van der Waals surface area contributed by atoms with Gasteiger partial charge >= 0.3 is 11.9 Å². The molecule has 1 aliphatic rings. The Labute approximate surface area is 141 Å². The SMILES string of the molecule is CCOC(=O)C(NC(=O)C1CC1c1cccc(C)c1)C(=O)OCC. The molecule has 1 fully saturated rings. The minimum absolute atomic E-state index is 0.120. The summed E-state index contributed by atoms with van der Waals surface area (Å²) in [6, 6.07) is 6.58. The number of carbonyl (C=O) groups excluding carboxylic acids is 3. The summed E-state index contributed by atoms with van der Waals surface area (Å²) >= 11 is 0. The highest BCUT2D eigenvalue weighted by molar-refractivity contribution is 6.03. The van der Waals surface area contributed by atoms with E-state index in [-0.39, 0.29) is 31.0 Å². The summed E-state index contributed by atoms with van der Waals surface area (Å²) in [6.45, 7) is 5.52. The summed E-state index contributed by atoms with van der Waals surface area (Å²) in [5, 5.41) is 2.47. The summed E-state index contributed by atoms with van der Waals surface area (Å²) in [4.78, 5) is 36.2. The average Bonchev–Trinajstić information content (AvgIpc) is 3.33. The van der Waals surface area contributed by atoms with Crippen molar-refractivity contribution < 1.29 is 23.9 Å². The van der Waals surface area contributed by atoms with Crippen molar-refractivity contribution in [1.82, 2.24) is 5.32 Å². The first-order chi connectivity index (χ1) is 11.5. The Hall–Kier alpha value is -2.37. The molecule has 130 valence electrons. The van der Waals surface area contributed by atoms with Gasteiger partial charge in [0.1, 0.15) is 0 Å². The largest absolute Gasteiger partial charge is 0.464 e. The van der Waals surface area contributed by atoms with E-state index in [0.717, 1.165) is 11.1 Å². The summed E-state index contributed by atoms with van der Waals surface area (Å²) in [5.41, 5.74) is 2.23. The fourth-order valence-corrected chi connectivity index (χ4v) is 2.67. The molecule has 0 radical (unpaired) electrons. The molecule has 1 N–H and O–H groups in total. The van der Waals surface area contributed by atoms with Crippen LogP contribution in [0.25, 0.3) is 0 Å². The van der Waals surface area contributed by atoms with Gasteiger partial charge in [0.15, 0.2) is 0 Å². The topological polar surface area (TPSA) is 81.7 Å². The molecule has 1 saturated carbocycles. The first-order valence-electron chi connectivity index (χ1n) is 8.18. The van der Waals surface area contributed by atoms with E-state index in [4.69, 9.17) is 9.47 Å². The molecular formula is C18H23NO5. The van der Waals surface area contributed by atoms with E-state index in [0.29, 0.717) is 6.42 Å². The third-order valence-corrected chi connectivity index (χ3v) is 3.93. The van der Waals surface area contributed by atoms with Crippen molar-refractivity contribution in [2.45, 2.75) is 39.2 Å². The second kappa shape index (κ2) is 7.95. The molecule has 1 amide bonds. The van der Waals surface area contributed by atoms with E-state index >= 15 is 0 Å². The third-order valence-electron chi connectivity index (χ3n) is 3.93. The smallest absolute Gasteiger partial charge is 0.340 e. The van der Waals surface area contributed by atoms with Crippen LogP contribution in [0.2, 0.25) is 0 Å². The Morgan fingerprint density at radius 2 is 1.79 bits per heavy atom. The zero-order chi connectivity index (χ0) is 17.7. The first-order valence-corrected chi connectivity index (χ1v) is 8.18. The summed E-state index contributed by atoms with van der Waals surface area (Å²) < 4.78 is 9.69. The van der Waals surface area contributed by atoms with Gasteiger partial charge in [-0.3, -0.25) is 4.79 Å². The molecule has 24 heavy (non-hydrogen) atoms. The number of carbonyl (C=O) groups is 3. The number of hydrogen-bond donors (Lipinski definition) is 1. The fraction of sp³-hybridized carbons (Fsp3) is 0.500. The van der Waals surface area contributed by atoms with E-state index in [1.807, 2.05) is 31.2 Å². The second-order valence-corrected chi connectivity index (χ2v) is 5.81. The molecule has 0 aromatic heterocycles. The molecule has 2 atom stereocenters. The highest BCUT2D eigenvalue weighted by Gasteiger charge is 2.46. The molecule has 2 unspecified atom stereocenters. The predicted octanol–water partition coefficient (Wildman–Crippen LogP) is 1.71. The molecular weight excluding hydrogens is 310 g/mol. The van der Waals surface area contributed by atoms with Gasteiger partial charge in [-0.2, -0.15) is 0 Å². The molecule has 0 heterocycles. The average molecular weight is 333 g/mol. The molecule has 0 bridgehead atoms. The van der Waals surface area contributed by atoms with E-state index in [2.05, 4.69) is 5.32 Å². The van der Waals surface area contributed by atoms with E-state index in [1.54, 1.807) is 13.8 Å². The number of nitrogens with one attached hydrogen (secondary N) is 1. The van der Waals surface area contributed by atoms with Crippen molar-refractivity contribution in [1.29, 1.82) is 0 Å². The van der Waals surface area contributed by atoms with Gasteiger partial charge in [-0.25, -0.2) is 9.59 Å². The number of ether oxygens (including phenoxy) is 2. The lowest BCUT2D eigenvalue weighted by Crippen LogP contribution is -2.48. The number of hydrogen-bond acceptors (Lipinski definition) is 5. The van der Waals surface area contributed by atoms with Crippen molar-refractivity contribution in [3.8, 4) is 0 Å². The van der Waals surface area contributed by atoms with Crippen LogP contribution in [0.1, 0.15) is 37.3 Å². The van der Waals surface area contributed by atoms with Crippen LogP contribution in [0.5, 0.6) is 0 Å². The quantitative estimate of drug-likeness (QED) is 0.607. The molecule has 1 aromatic rings. The van der Waals surface area contributed by atoms with Gasteiger partial charge in [-0.1, -0.05) is 29.8 Å². The van der Waals surface area contributed by atoms with Crippen LogP contribution in [0.15, 0.2) is 24.3 Å². The monoisotopic (exact) mass is 333 g/mol. The van der Waals surface area contributed by atoms with Crippen LogP contribution in [-0.4, -0.2) is 37.1 Å². The van der Waals surface area contributed by atoms with Gasteiger partial charge in [-0.15, -0.1) is 0 Å². The number of esters is 2. The minimum atomic E-state index is -1.41. The predicted molar refractivity (Wildman–Crippen MR) is 87.2 cm³/mol. The number of aryl methyl sites for hydroxylation is 1. The zero-order valence-corrected chi connectivity index (χ0v) is 14.2. The van der Waals surface area contributed by atoms with Gasteiger partial charge in [0.05, 0.1) is 13.2 Å². The Bertz CT molecular complexity index is 610. The molecule has 0 spiro atoms. The summed E-state index contributed by atoms with van der Waals surface area (Å²) in [5.74, 6) is -2.03. The van der Waals surface area contributed by atoms with Gasteiger partial charge in [0.2, 0.25) is 11.9 Å². The lowest BCUT2D eigenvalue weighted by Gasteiger charge is -2.16. The second-order valence-electron chi connectivity index (χ2n) is 5.81. The van der Waals surface area contributed by atoms with E-state index in [1.165, 1.54) is 0 Å². The zero-order valence-electron chi connectivity index (χ0n) is 14.2. The molecule has 0 aliphatic heterocycles. The van der Waals surface area contributed by atoms with Gasteiger partial charge in [0.25, 0.3) is 0 Å². The Kier molecular flexibility index (Phi) is 5.95. The standard InChI is InChI=1S/C18H23NO5/c1-4-23-17(21)15(18(22)24-5-2)19-16(20)14-10-13(14)12-8-6-7-11(3)9-12/h6-9,13-15H,4-5,10H2,1-3H3,(H,19,20). The lowest BCUT2D eigenvalue weighted by atomic mass is 10.1. The minimum Gasteiger partial charge on any atom is -0.464 e. The lowest BCUT2D eigenvalue weighted by molar-refractivity contribution is -0.159. The van der Waals surface area contributed by atoms with Crippen molar-refractivity contribution >= 4 is 17.8 Å². The Morgan fingerprint density at radius 3 is 2.33 bits per heavy atom. The molecule has 2 rings (SSSR count). The molecule has 6 heteroatoms. The van der Waals surface area contributed by atoms with Gasteiger partial charge < -0.3 is 14.8 Å². The maximum atomic E-state index is 12.4. The number of amides is 1. The number of benzene rings is 1. The summed E-state index contributed by atoms with van der Waals surface area (Å²) in [7, 11) is 0. The van der Waals surface area contributed by atoms with Crippen LogP contribution in [0.3, 0.4) is 0 Å². The van der Waals surface area contributed by atoms with Crippen LogP contribution in [0.4, 0.5) is 0 Å². The normalized spacial score (nSPS) is 18.8. The van der Waals surface area contributed by atoms with Crippen molar-refractivity contribution in [3.63, 3.8) is 0 Å². The van der Waals surface area contributed by atoms with Crippen molar-refractivity contribution in [2.75, 3.05) is 13.2 Å². The van der Waals surface area contributed by atoms with E-state index in [9.17, 15) is 14.4 Å². The molecule has 1 aromatic carbocycles. The van der Waals surface area contributed by atoms with Crippen molar-refractivity contribution in [2.24, 2.45) is 5.92 Å². The van der Waals surface area contributed by atoms with Gasteiger partial charge in [0, 0.05) is 5.92 Å². The van der Waals surface area contributed by atoms with E-state index < -0.39 is 18.0 Å². The molecule has 0 saturated heterocycles. The first kappa shape index (κ1) is 18.0. The van der Waals surface area contributed by atoms with Crippen LogP contribution < -0.4 is 5.32 Å². The van der Waals surface area contributed by atoms with Gasteiger partial charge in [-0.05, 0) is 38.7 Å². The number of rotatable bonds is 7. The molecule has 6 nitrogen and oxygen atoms in total.